The smallest absolute Gasteiger partial charge is 0.227 e. The number of carbonyl (C=O) groups is 1. The van der Waals surface area contributed by atoms with E-state index in [1.807, 2.05) is 12.1 Å². The summed E-state index contributed by atoms with van der Waals surface area (Å²) in [5, 5.41) is 9.01. The van der Waals surface area contributed by atoms with E-state index in [-0.39, 0.29) is 18.4 Å². The molecule has 0 spiro atoms. The molecule has 0 aliphatic carbocycles. The maximum absolute atomic E-state index is 11.7. The molecule has 1 aliphatic rings. The summed E-state index contributed by atoms with van der Waals surface area (Å²) in [6.07, 6.45) is 2.13. The first-order valence-corrected chi connectivity index (χ1v) is 5.22. The van der Waals surface area contributed by atoms with E-state index in [1.54, 1.807) is 11.1 Å². The number of anilines is 1. The number of nitrogens with one attached hydrogen (secondary N) is 1. The first kappa shape index (κ1) is 10.3. The summed E-state index contributed by atoms with van der Waals surface area (Å²) in [5.41, 5.74) is 0.730. The molecule has 5 heteroatoms. The number of nitrogens with zero attached hydrogens (tertiary/aromatic N) is 1. The van der Waals surface area contributed by atoms with E-state index in [4.69, 9.17) is 17.3 Å². The maximum Gasteiger partial charge on any atom is 0.227 e. The summed E-state index contributed by atoms with van der Waals surface area (Å²) in [6, 6.07) is 3.63. The Balaban J connectivity index is 2.29. The van der Waals surface area contributed by atoms with Crippen molar-refractivity contribution < 1.29 is 9.90 Å². The minimum Gasteiger partial charge on any atom is -0.396 e. The molecule has 15 heavy (non-hydrogen) atoms. The van der Waals surface area contributed by atoms with Crippen LogP contribution in [0.15, 0.2) is 18.3 Å². The van der Waals surface area contributed by atoms with Crippen LogP contribution < -0.4 is 4.90 Å². The SMILES string of the molecule is O=C1CC(CO)CN1c1ccc[nH]c1=S. The van der Waals surface area contributed by atoms with Gasteiger partial charge in [-0.2, -0.15) is 0 Å². The van der Waals surface area contributed by atoms with Crippen LogP contribution >= 0.6 is 12.2 Å². The predicted octanol–water partition coefficient (Wildman–Crippen LogP) is 1.09. The largest absolute Gasteiger partial charge is 0.396 e. The van der Waals surface area contributed by atoms with Gasteiger partial charge in [-0.05, 0) is 12.1 Å². The molecule has 1 amide bonds. The third-order valence-corrected chi connectivity index (χ3v) is 2.88. The van der Waals surface area contributed by atoms with Crippen molar-refractivity contribution >= 4 is 23.8 Å². The number of H-pyrrole nitrogens is 1. The van der Waals surface area contributed by atoms with Gasteiger partial charge >= 0.3 is 0 Å². The molecule has 0 bridgehead atoms. The van der Waals surface area contributed by atoms with Crippen LogP contribution in [-0.2, 0) is 4.79 Å². The molecule has 1 unspecified atom stereocenters. The number of carbonyl (C=O) groups excluding carboxylic acids is 1. The van der Waals surface area contributed by atoms with E-state index in [2.05, 4.69) is 4.98 Å². The van der Waals surface area contributed by atoms with Crippen molar-refractivity contribution in [3.63, 3.8) is 0 Å². The van der Waals surface area contributed by atoms with Gasteiger partial charge in [-0.3, -0.25) is 4.79 Å². The molecule has 2 rings (SSSR count). The predicted molar refractivity (Wildman–Crippen MR) is 59.2 cm³/mol. The zero-order valence-corrected chi connectivity index (χ0v) is 8.96. The Labute approximate surface area is 92.5 Å². The van der Waals surface area contributed by atoms with Crippen LogP contribution in [0.25, 0.3) is 0 Å². The van der Waals surface area contributed by atoms with Crippen LogP contribution in [0.3, 0.4) is 0 Å². The molecule has 0 radical (unpaired) electrons. The molecule has 1 saturated heterocycles. The fourth-order valence-electron chi connectivity index (χ4n) is 1.76. The van der Waals surface area contributed by atoms with Gasteiger partial charge in [-0.15, -0.1) is 0 Å². The van der Waals surface area contributed by atoms with Crippen LogP contribution in [0, 0.1) is 10.6 Å². The van der Waals surface area contributed by atoms with E-state index in [0.29, 0.717) is 17.6 Å². The highest BCUT2D eigenvalue weighted by molar-refractivity contribution is 7.71. The van der Waals surface area contributed by atoms with Gasteiger partial charge in [0.05, 0.1) is 5.69 Å². The van der Waals surface area contributed by atoms with E-state index >= 15 is 0 Å². The number of rotatable bonds is 2. The van der Waals surface area contributed by atoms with Crippen molar-refractivity contribution in [2.45, 2.75) is 6.42 Å². The van der Waals surface area contributed by atoms with Crippen molar-refractivity contribution in [1.29, 1.82) is 0 Å². The highest BCUT2D eigenvalue weighted by Crippen LogP contribution is 2.24. The number of aromatic nitrogens is 1. The quantitative estimate of drug-likeness (QED) is 0.739. The lowest BCUT2D eigenvalue weighted by Gasteiger charge is -2.15. The minimum absolute atomic E-state index is 0.0275. The molecule has 0 saturated carbocycles. The van der Waals surface area contributed by atoms with Gasteiger partial charge in [0, 0.05) is 31.7 Å². The van der Waals surface area contributed by atoms with Crippen molar-refractivity contribution in [1.82, 2.24) is 4.98 Å². The second-order valence-corrected chi connectivity index (χ2v) is 4.05. The van der Waals surface area contributed by atoms with Gasteiger partial charge < -0.3 is 15.0 Å². The maximum atomic E-state index is 11.7. The van der Waals surface area contributed by atoms with Crippen molar-refractivity contribution in [2.24, 2.45) is 5.92 Å². The molecule has 1 atom stereocenters. The number of aliphatic hydroxyl groups excluding tert-OH is 1. The highest BCUT2D eigenvalue weighted by Gasteiger charge is 2.30. The molecule has 1 aromatic heterocycles. The monoisotopic (exact) mass is 224 g/mol. The molecular weight excluding hydrogens is 212 g/mol. The summed E-state index contributed by atoms with van der Waals surface area (Å²) in [5.74, 6) is 0.0619. The second kappa shape index (κ2) is 4.12. The number of aromatic amines is 1. The zero-order chi connectivity index (χ0) is 10.8. The van der Waals surface area contributed by atoms with Gasteiger partial charge in [0.2, 0.25) is 5.91 Å². The van der Waals surface area contributed by atoms with Crippen molar-refractivity contribution in [3.8, 4) is 0 Å². The molecule has 1 aliphatic heterocycles. The highest BCUT2D eigenvalue weighted by atomic mass is 32.1. The molecule has 2 N–H and O–H groups in total. The summed E-state index contributed by atoms with van der Waals surface area (Å²) >= 11 is 5.10. The minimum atomic E-state index is 0.0275. The number of hydrogen-bond acceptors (Lipinski definition) is 3. The molecule has 4 nitrogen and oxygen atoms in total. The van der Waals surface area contributed by atoms with Crippen LogP contribution in [0.4, 0.5) is 5.69 Å². The summed E-state index contributed by atoms with van der Waals surface area (Å²) < 4.78 is 0.560. The number of aliphatic hydroxyl groups is 1. The molecule has 1 fully saturated rings. The fraction of sp³-hybridized carbons (Fsp3) is 0.400. The molecule has 1 aromatic rings. The lowest BCUT2D eigenvalue weighted by Crippen LogP contribution is -2.25. The van der Waals surface area contributed by atoms with E-state index in [0.717, 1.165) is 5.69 Å². The Morgan fingerprint density at radius 3 is 3.07 bits per heavy atom. The number of amides is 1. The van der Waals surface area contributed by atoms with E-state index in [1.165, 1.54) is 0 Å². The number of hydrogen-bond donors (Lipinski definition) is 2. The summed E-state index contributed by atoms with van der Waals surface area (Å²) in [4.78, 5) is 16.2. The van der Waals surface area contributed by atoms with Gasteiger partial charge in [0.25, 0.3) is 0 Å². The van der Waals surface area contributed by atoms with Crippen LogP contribution in [0.5, 0.6) is 0 Å². The molecule has 0 aromatic carbocycles. The normalized spacial score (nSPS) is 21.0. The third kappa shape index (κ3) is 1.93. The van der Waals surface area contributed by atoms with Crippen LogP contribution in [-0.4, -0.2) is 29.1 Å². The summed E-state index contributed by atoms with van der Waals surface area (Å²) in [7, 11) is 0. The van der Waals surface area contributed by atoms with Gasteiger partial charge in [0.1, 0.15) is 4.64 Å². The Kier molecular flexibility index (Phi) is 2.83. The fourth-order valence-corrected chi connectivity index (χ4v) is 2.01. The van der Waals surface area contributed by atoms with Crippen LogP contribution in [0.1, 0.15) is 6.42 Å². The van der Waals surface area contributed by atoms with Gasteiger partial charge in [-0.1, -0.05) is 12.2 Å². The topological polar surface area (TPSA) is 56.3 Å². The lowest BCUT2D eigenvalue weighted by molar-refractivity contribution is -0.117. The Morgan fingerprint density at radius 2 is 2.47 bits per heavy atom. The van der Waals surface area contributed by atoms with Crippen LogP contribution in [0.2, 0.25) is 0 Å². The van der Waals surface area contributed by atoms with E-state index in [9.17, 15) is 4.79 Å². The average Bonchev–Trinajstić information content (AvgIpc) is 2.60. The lowest BCUT2D eigenvalue weighted by atomic mass is 10.1. The molecule has 80 valence electrons. The van der Waals surface area contributed by atoms with Gasteiger partial charge in [-0.25, -0.2) is 0 Å². The van der Waals surface area contributed by atoms with E-state index < -0.39 is 0 Å². The molecular formula is C10H12N2O2S. The third-order valence-electron chi connectivity index (χ3n) is 2.55. The number of pyridine rings is 1. The van der Waals surface area contributed by atoms with Gasteiger partial charge in [0.15, 0.2) is 0 Å². The van der Waals surface area contributed by atoms with Crippen molar-refractivity contribution in [3.05, 3.63) is 23.0 Å². The molecule has 2 heterocycles. The first-order chi connectivity index (χ1) is 7.22. The second-order valence-electron chi connectivity index (χ2n) is 3.64. The Hall–Kier alpha value is -1.20. The first-order valence-electron chi connectivity index (χ1n) is 4.81. The standard InChI is InChI=1S/C10H12N2O2S/c13-6-7-4-9(14)12(5-7)8-2-1-3-11-10(8)15/h1-3,7,13H,4-6H2,(H,11,15). The Bertz CT molecular complexity index is 429. The summed E-state index contributed by atoms with van der Waals surface area (Å²) in [6.45, 7) is 0.600. The zero-order valence-electron chi connectivity index (χ0n) is 8.14. The van der Waals surface area contributed by atoms with Crippen molar-refractivity contribution in [2.75, 3.05) is 18.1 Å². The Morgan fingerprint density at radius 1 is 1.67 bits per heavy atom. The average molecular weight is 224 g/mol.